The highest BCUT2D eigenvalue weighted by Gasteiger charge is 2.51. The Morgan fingerprint density at radius 3 is 2.54 bits per heavy atom. The Morgan fingerprint density at radius 1 is 1.21 bits per heavy atom. The zero-order chi connectivity index (χ0) is 16.7. The fraction of sp³-hybridized carbons (Fsp3) is 0.842. The Labute approximate surface area is 144 Å². The largest absolute Gasteiger partial charge is 0.341 e. The molecule has 2 aliphatic carbocycles. The van der Waals surface area contributed by atoms with Gasteiger partial charge in [-0.15, -0.1) is 0 Å². The van der Waals surface area contributed by atoms with Crippen LogP contribution in [0.1, 0.15) is 88.7 Å². The highest BCUT2D eigenvalue weighted by Crippen LogP contribution is 2.53. The van der Waals surface area contributed by atoms with Gasteiger partial charge >= 0.3 is 0 Å². The van der Waals surface area contributed by atoms with Gasteiger partial charge in [-0.1, -0.05) is 39.5 Å². The number of nitrogens with zero attached hydrogens (tertiary/aromatic N) is 3. The molecule has 1 spiro atoms. The van der Waals surface area contributed by atoms with E-state index in [4.69, 9.17) is 4.98 Å². The molecular weight excluding hydrogens is 300 g/mol. The molecule has 0 aromatic carbocycles. The van der Waals surface area contributed by atoms with Gasteiger partial charge in [-0.25, -0.2) is 4.98 Å². The number of aromatic amines is 1. The van der Waals surface area contributed by atoms with Crippen molar-refractivity contribution in [3.05, 3.63) is 11.6 Å². The molecule has 1 aliphatic heterocycles. The van der Waals surface area contributed by atoms with Gasteiger partial charge in [-0.2, -0.15) is 5.10 Å². The van der Waals surface area contributed by atoms with Crippen molar-refractivity contribution in [1.29, 1.82) is 0 Å². The number of carbonyl (C=O) groups excluding carboxylic acids is 1. The summed E-state index contributed by atoms with van der Waals surface area (Å²) in [5, 5.41) is 7.63. The lowest BCUT2D eigenvalue weighted by Gasteiger charge is -2.28. The molecule has 0 bridgehead atoms. The minimum atomic E-state index is 0.238. The number of H-pyrrole nitrogens is 1. The van der Waals surface area contributed by atoms with Crippen molar-refractivity contribution in [2.24, 2.45) is 11.3 Å². The molecule has 1 aromatic rings. The van der Waals surface area contributed by atoms with E-state index in [0.29, 0.717) is 17.7 Å². The van der Waals surface area contributed by atoms with Gasteiger partial charge in [0, 0.05) is 30.8 Å². The molecule has 5 heteroatoms. The molecule has 1 atom stereocenters. The number of aromatic nitrogens is 3. The molecule has 1 N–H and O–H groups in total. The van der Waals surface area contributed by atoms with E-state index in [2.05, 4.69) is 28.9 Å². The number of rotatable bonds is 3. The first kappa shape index (κ1) is 16.1. The third kappa shape index (κ3) is 2.66. The Balaban J connectivity index is 1.58. The van der Waals surface area contributed by atoms with Crippen LogP contribution in [0.25, 0.3) is 0 Å². The molecule has 1 aromatic heterocycles. The average Bonchev–Trinajstić information content (AvgIpc) is 3.36. The van der Waals surface area contributed by atoms with Gasteiger partial charge in [0.2, 0.25) is 5.91 Å². The quantitative estimate of drug-likeness (QED) is 0.921. The molecule has 1 unspecified atom stereocenters. The third-order valence-corrected chi connectivity index (χ3v) is 6.63. The summed E-state index contributed by atoms with van der Waals surface area (Å²) in [5.74, 6) is 3.28. The molecule has 4 rings (SSSR count). The van der Waals surface area contributed by atoms with Gasteiger partial charge < -0.3 is 4.90 Å². The van der Waals surface area contributed by atoms with E-state index >= 15 is 0 Å². The van der Waals surface area contributed by atoms with Crippen molar-refractivity contribution >= 4 is 5.91 Å². The predicted octanol–water partition coefficient (Wildman–Crippen LogP) is 3.60. The number of hydrogen-bond donors (Lipinski definition) is 1. The number of nitrogens with one attached hydrogen (secondary N) is 1. The first-order valence-corrected chi connectivity index (χ1v) is 9.80. The first-order valence-electron chi connectivity index (χ1n) is 9.80. The highest BCUT2D eigenvalue weighted by molar-refractivity contribution is 5.79. The second-order valence-electron chi connectivity index (χ2n) is 8.56. The summed E-state index contributed by atoms with van der Waals surface area (Å²) in [4.78, 5) is 19.9. The topological polar surface area (TPSA) is 61.9 Å². The monoisotopic (exact) mass is 330 g/mol. The minimum absolute atomic E-state index is 0.238. The minimum Gasteiger partial charge on any atom is -0.341 e. The van der Waals surface area contributed by atoms with Crippen LogP contribution in [-0.2, 0) is 4.79 Å². The second-order valence-corrected chi connectivity index (χ2v) is 8.56. The molecule has 5 nitrogen and oxygen atoms in total. The standard InChI is InChI=1S/C19H30N4O/c1-13(2)16-20-17(22-21-16)15-11-23(12-19(15)9-5-6-10-19)18(24)14-7-3-4-8-14/h13-15H,3-12H2,1-2H3,(H,20,21,22). The SMILES string of the molecule is CC(C)c1n[nH]c(C2CN(C(=O)C3CCCC3)CC23CCCC3)n1. The Kier molecular flexibility index (Phi) is 4.13. The summed E-state index contributed by atoms with van der Waals surface area (Å²) in [6, 6.07) is 0. The lowest BCUT2D eigenvalue weighted by Crippen LogP contribution is -2.35. The maximum absolute atomic E-state index is 13.0. The molecule has 1 saturated heterocycles. The molecule has 3 fully saturated rings. The van der Waals surface area contributed by atoms with Gasteiger partial charge in [-0.3, -0.25) is 9.89 Å². The number of carbonyl (C=O) groups is 1. The normalized spacial score (nSPS) is 27.0. The highest BCUT2D eigenvalue weighted by atomic mass is 16.2. The van der Waals surface area contributed by atoms with E-state index in [0.717, 1.165) is 37.6 Å². The molecule has 132 valence electrons. The van der Waals surface area contributed by atoms with Crippen LogP contribution in [0, 0.1) is 11.3 Å². The van der Waals surface area contributed by atoms with E-state index < -0.39 is 0 Å². The number of hydrogen-bond acceptors (Lipinski definition) is 3. The van der Waals surface area contributed by atoms with Crippen LogP contribution in [0.3, 0.4) is 0 Å². The van der Waals surface area contributed by atoms with Crippen molar-refractivity contribution in [3.8, 4) is 0 Å². The summed E-state index contributed by atoms with van der Waals surface area (Å²) in [5.41, 5.74) is 0.238. The predicted molar refractivity (Wildman–Crippen MR) is 92.7 cm³/mol. The van der Waals surface area contributed by atoms with Gasteiger partial charge in [0.15, 0.2) is 5.82 Å². The van der Waals surface area contributed by atoms with Crippen molar-refractivity contribution in [2.45, 2.75) is 77.0 Å². The molecule has 3 aliphatic rings. The van der Waals surface area contributed by atoms with E-state index in [1.807, 2.05) is 0 Å². The molecule has 24 heavy (non-hydrogen) atoms. The summed E-state index contributed by atoms with van der Waals surface area (Å²) < 4.78 is 0. The van der Waals surface area contributed by atoms with Crippen molar-refractivity contribution in [3.63, 3.8) is 0 Å². The zero-order valence-electron chi connectivity index (χ0n) is 15.1. The average molecular weight is 330 g/mol. The van der Waals surface area contributed by atoms with Crippen LogP contribution in [0.15, 0.2) is 0 Å². The van der Waals surface area contributed by atoms with E-state index in [1.54, 1.807) is 0 Å². The Bertz CT molecular complexity index is 596. The zero-order valence-corrected chi connectivity index (χ0v) is 15.1. The fourth-order valence-electron chi connectivity index (χ4n) is 5.23. The fourth-order valence-corrected chi connectivity index (χ4v) is 5.23. The van der Waals surface area contributed by atoms with Gasteiger partial charge in [0.25, 0.3) is 0 Å². The second kappa shape index (κ2) is 6.16. The summed E-state index contributed by atoms with van der Waals surface area (Å²) in [6.07, 6.45) is 9.64. The van der Waals surface area contributed by atoms with E-state index in [-0.39, 0.29) is 11.3 Å². The molecule has 2 saturated carbocycles. The molecular formula is C19H30N4O. The van der Waals surface area contributed by atoms with Gasteiger partial charge in [0.05, 0.1) is 0 Å². The Hall–Kier alpha value is -1.39. The van der Waals surface area contributed by atoms with Gasteiger partial charge in [-0.05, 0) is 31.1 Å². The first-order chi connectivity index (χ1) is 11.6. The number of amides is 1. The van der Waals surface area contributed by atoms with Crippen LogP contribution in [0.2, 0.25) is 0 Å². The van der Waals surface area contributed by atoms with Crippen LogP contribution in [0.4, 0.5) is 0 Å². The third-order valence-electron chi connectivity index (χ3n) is 6.63. The lowest BCUT2D eigenvalue weighted by atomic mass is 9.76. The van der Waals surface area contributed by atoms with Crippen LogP contribution in [-0.4, -0.2) is 39.1 Å². The van der Waals surface area contributed by atoms with Crippen molar-refractivity contribution in [2.75, 3.05) is 13.1 Å². The van der Waals surface area contributed by atoms with Crippen LogP contribution >= 0.6 is 0 Å². The molecule has 1 amide bonds. The van der Waals surface area contributed by atoms with Crippen LogP contribution in [0.5, 0.6) is 0 Å². The summed E-state index contributed by atoms with van der Waals surface area (Å²) in [6.45, 7) is 6.03. The Morgan fingerprint density at radius 2 is 1.92 bits per heavy atom. The maximum atomic E-state index is 13.0. The molecule has 2 heterocycles. The van der Waals surface area contributed by atoms with E-state index in [1.165, 1.54) is 38.5 Å². The smallest absolute Gasteiger partial charge is 0.225 e. The van der Waals surface area contributed by atoms with Crippen molar-refractivity contribution in [1.82, 2.24) is 20.1 Å². The number of likely N-dealkylation sites (tertiary alicyclic amines) is 1. The molecule has 0 radical (unpaired) electrons. The van der Waals surface area contributed by atoms with Crippen molar-refractivity contribution < 1.29 is 4.79 Å². The summed E-state index contributed by atoms with van der Waals surface area (Å²) >= 11 is 0. The van der Waals surface area contributed by atoms with Crippen LogP contribution < -0.4 is 0 Å². The van der Waals surface area contributed by atoms with Gasteiger partial charge in [0.1, 0.15) is 5.82 Å². The summed E-state index contributed by atoms with van der Waals surface area (Å²) in [7, 11) is 0. The maximum Gasteiger partial charge on any atom is 0.225 e. The van der Waals surface area contributed by atoms with E-state index in [9.17, 15) is 4.79 Å². The lowest BCUT2D eigenvalue weighted by molar-refractivity contribution is -0.134.